The molecule has 0 saturated carbocycles. The van der Waals surface area contributed by atoms with Gasteiger partial charge in [0.25, 0.3) is 5.91 Å². The number of nitrogens with zero attached hydrogens (tertiary/aromatic N) is 2. The molecule has 0 fully saturated rings. The summed E-state index contributed by atoms with van der Waals surface area (Å²) in [6.07, 6.45) is 0. The topological polar surface area (TPSA) is 76.0 Å². The molecule has 6 heteroatoms. The molecule has 0 aliphatic carbocycles. The minimum Gasteiger partial charge on any atom is -0.468 e. The maximum absolute atomic E-state index is 11.8. The molecule has 90 valence electrons. The second kappa shape index (κ2) is 5.74. The molecule has 0 unspecified atom stereocenters. The quantitative estimate of drug-likeness (QED) is 0.583. The summed E-state index contributed by atoms with van der Waals surface area (Å²) in [4.78, 5) is 34.2. The molecule has 0 radical (unpaired) electrons. The zero-order chi connectivity index (χ0) is 12.8. The summed E-state index contributed by atoms with van der Waals surface area (Å²) in [6.45, 7) is -0.122. The van der Waals surface area contributed by atoms with Gasteiger partial charge in [-0.2, -0.15) is 0 Å². The van der Waals surface area contributed by atoms with E-state index in [1.807, 2.05) is 0 Å². The fraction of sp³-hybridized carbons (Fsp3) is 0.273. The summed E-state index contributed by atoms with van der Waals surface area (Å²) in [5, 5.41) is 2.73. The van der Waals surface area contributed by atoms with E-state index in [1.165, 1.54) is 43.3 Å². The first kappa shape index (κ1) is 12.8. The van der Waals surface area contributed by atoms with Crippen molar-refractivity contribution in [1.82, 2.24) is 4.90 Å². The highest BCUT2D eigenvalue weighted by molar-refractivity contribution is 5.96. The van der Waals surface area contributed by atoms with E-state index in [0.29, 0.717) is 5.56 Å². The molecule has 0 spiro atoms. The van der Waals surface area contributed by atoms with Crippen molar-refractivity contribution in [1.29, 1.82) is 0 Å². The average molecular weight is 236 g/mol. The lowest BCUT2D eigenvalue weighted by Gasteiger charge is -2.15. The normalized spacial score (nSPS) is 9.53. The maximum Gasteiger partial charge on any atom is 0.325 e. The number of nitroso groups, excluding NO2 is 1. The van der Waals surface area contributed by atoms with Crippen LogP contribution in [-0.2, 0) is 9.53 Å². The van der Waals surface area contributed by atoms with Gasteiger partial charge in [-0.05, 0) is 29.4 Å². The molecular formula is C11H12N2O4. The Bertz CT molecular complexity index is 428. The zero-order valence-electron chi connectivity index (χ0n) is 9.54. The number of likely N-dealkylation sites (N-methyl/N-ethyl adjacent to an activating group) is 1. The Morgan fingerprint density at radius 1 is 1.29 bits per heavy atom. The number of carbonyl (C=O) groups excluding carboxylic acids is 2. The van der Waals surface area contributed by atoms with E-state index in [0.717, 1.165) is 0 Å². The maximum atomic E-state index is 11.8. The predicted octanol–water partition coefficient (Wildman–Crippen LogP) is 1.33. The van der Waals surface area contributed by atoms with Crippen LogP contribution in [0.25, 0.3) is 0 Å². The van der Waals surface area contributed by atoms with Crippen molar-refractivity contribution in [3.63, 3.8) is 0 Å². The van der Waals surface area contributed by atoms with Gasteiger partial charge < -0.3 is 9.64 Å². The van der Waals surface area contributed by atoms with Crippen molar-refractivity contribution >= 4 is 17.6 Å². The average Bonchev–Trinajstić information content (AvgIpc) is 2.37. The van der Waals surface area contributed by atoms with Gasteiger partial charge in [-0.15, -0.1) is 4.91 Å². The molecule has 0 aliphatic heterocycles. The van der Waals surface area contributed by atoms with E-state index in [-0.39, 0.29) is 18.1 Å². The van der Waals surface area contributed by atoms with Crippen LogP contribution in [0.5, 0.6) is 0 Å². The van der Waals surface area contributed by atoms with Crippen LogP contribution in [0.1, 0.15) is 10.4 Å². The highest BCUT2D eigenvalue weighted by Gasteiger charge is 2.14. The molecule has 1 aromatic rings. The number of hydrogen-bond acceptors (Lipinski definition) is 5. The van der Waals surface area contributed by atoms with Crippen molar-refractivity contribution < 1.29 is 14.3 Å². The smallest absolute Gasteiger partial charge is 0.325 e. The van der Waals surface area contributed by atoms with Crippen LogP contribution in [0.4, 0.5) is 5.69 Å². The summed E-state index contributed by atoms with van der Waals surface area (Å²) in [7, 11) is 2.75. The first-order chi connectivity index (χ1) is 8.08. The summed E-state index contributed by atoms with van der Waals surface area (Å²) < 4.78 is 4.45. The molecule has 0 atom stereocenters. The number of ether oxygens (including phenoxy) is 1. The number of rotatable bonds is 4. The molecule has 17 heavy (non-hydrogen) atoms. The van der Waals surface area contributed by atoms with Gasteiger partial charge in [0.15, 0.2) is 0 Å². The first-order valence-electron chi connectivity index (χ1n) is 4.84. The number of esters is 1. The molecule has 6 nitrogen and oxygen atoms in total. The summed E-state index contributed by atoms with van der Waals surface area (Å²) in [5.41, 5.74) is 0.626. The third-order valence-electron chi connectivity index (χ3n) is 2.16. The van der Waals surface area contributed by atoms with E-state index >= 15 is 0 Å². The van der Waals surface area contributed by atoms with E-state index in [2.05, 4.69) is 9.91 Å². The highest BCUT2D eigenvalue weighted by atomic mass is 16.5. The van der Waals surface area contributed by atoms with Gasteiger partial charge in [-0.25, -0.2) is 0 Å². The third kappa shape index (κ3) is 3.37. The van der Waals surface area contributed by atoms with Gasteiger partial charge in [0.05, 0.1) is 7.11 Å². The lowest BCUT2D eigenvalue weighted by molar-refractivity contribution is -0.141. The first-order valence-corrected chi connectivity index (χ1v) is 4.84. The van der Waals surface area contributed by atoms with Gasteiger partial charge in [-0.3, -0.25) is 9.59 Å². The molecular weight excluding hydrogens is 224 g/mol. The molecule has 0 aromatic heterocycles. The Labute approximate surface area is 98.1 Å². The third-order valence-corrected chi connectivity index (χ3v) is 2.16. The van der Waals surface area contributed by atoms with E-state index in [1.54, 1.807) is 0 Å². The van der Waals surface area contributed by atoms with Crippen molar-refractivity contribution in [3.05, 3.63) is 34.7 Å². The number of methoxy groups -OCH3 is 1. The summed E-state index contributed by atoms with van der Waals surface area (Å²) in [6, 6.07) is 5.83. The van der Waals surface area contributed by atoms with Gasteiger partial charge >= 0.3 is 5.97 Å². The Morgan fingerprint density at radius 3 is 2.35 bits per heavy atom. The van der Waals surface area contributed by atoms with E-state index < -0.39 is 5.97 Å². The second-order valence-electron chi connectivity index (χ2n) is 3.38. The number of hydrogen-bond donors (Lipinski definition) is 0. The second-order valence-corrected chi connectivity index (χ2v) is 3.38. The van der Waals surface area contributed by atoms with Crippen LogP contribution < -0.4 is 0 Å². The fourth-order valence-electron chi connectivity index (χ4n) is 1.22. The van der Waals surface area contributed by atoms with Crippen LogP contribution >= 0.6 is 0 Å². The molecule has 0 bridgehead atoms. The Hall–Kier alpha value is -2.24. The fourth-order valence-corrected chi connectivity index (χ4v) is 1.22. The molecule has 0 heterocycles. The zero-order valence-corrected chi connectivity index (χ0v) is 9.54. The molecule has 1 aromatic carbocycles. The van der Waals surface area contributed by atoms with Gasteiger partial charge in [-0.1, -0.05) is 0 Å². The minimum atomic E-state index is -0.493. The molecule has 0 aliphatic rings. The molecule has 0 saturated heterocycles. The van der Waals surface area contributed by atoms with Crippen LogP contribution in [-0.4, -0.2) is 37.5 Å². The molecule has 1 amide bonds. The van der Waals surface area contributed by atoms with Crippen molar-refractivity contribution in [2.24, 2.45) is 5.18 Å². The number of benzene rings is 1. The highest BCUT2D eigenvalue weighted by Crippen LogP contribution is 2.13. The molecule has 0 N–H and O–H groups in total. The summed E-state index contributed by atoms with van der Waals surface area (Å²) >= 11 is 0. The number of amides is 1. The lowest BCUT2D eigenvalue weighted by atomic mass is 10.2. The minimum absolute atomic E-state index is 0.122. The predicted molar refractivity (Wildman–Crippen MR) is 60.9 cm³/mol. The van der Waals surface area contributed by atoms with Gasteiger partial charge in [0.2, 0.25) is 0 Å². The lowest BCUT2D eigenvalue weighted by Crippen LogP contribution is -2.32. The van der Waals surface area contributed by atoms with Crippen LogP contribution in [0.2, 0.25) is 0 Å². The Kier molecular flexibility index (Phi) is 4.33. The van der Waals surface area contributed by atoms with Crippen LogP contribution in [0.15, 0.2) is 29.4 Å². The number of carbonyl (C=O) groups is 2. The standard InChI is InChI=1S/C11H12N2O4/c1-13(7-10(14)17-2)11(15)8-3-5-9(12-16)6-4-8/h3-6H,7H2,1-2H3. The summed E-state index contributed by atoms with van der Waals surface area (Å²) in [5.74, 6) is -0.820. The largest absolute Gasteiger partial charge is 0.468 e. The van der Waals surface area contributed by atoms with Crippen molar-refractivity contribution in [2.45, 2.75) is 0 Å². The van der Waals surface area contributed by atoms with Gasteiger partial charge in [0, 0.05) is 12.6 Å². The van der Waals surface area contributed by atoms with E-state index in [9.17, 15) is 14.5 Å². The monoisotopic (exact) mass is 236 g/mol. The van der Waals surface area contributed by atoms with E-state index in [4.69, 9.17) is 0 Å². The van der Waals surface area contributed by atoms with Crippen molar-refractivity contribution in [3.8, 4) is 0 Å². The van der Waals surface area contributed by atoms with Gasteiger partial charge in [0.1, 0.15) is 12.2 Å². The van der Waals surface area contributed by atoms with Crippen LogP contribution in [0.3, 0.4) is 0 Å². The Morgan fingerprint density at radius 2 is 1.88 bits per heavy atom. The van der Waals surface area contributed by atoms with Crippen LogP contribution in [0, 0.1) is 4.91 Å². The van der Waals surface area contributed by atoms with Crippen molar-refractivity contribution in [2.75, 3.05) is 20.7 Å². The Balaban J connectivity index is 2.74. The molecule has 1 rings (SSSR count). The SMILES string of the molecule is COC(=O)CN(C)C(=O)c1ccc(N=O)cc1.